The van der Waals surface area contributed by atoms with E-state index in [0.29, 0.717) is 11.7 Å². The molecule has 1 unspecified atom stereocenters. The largest absolute Gasteiger partial charge is 0.298 e. The van der Waals surface area contributed by atoms with E-state index in [1.807, 2.05) is 36.0 Å². The van der Waals surface area contributed by atoms with Gasteiger partial charge in [0.2, 0.25) is 0 Å². The molecule has 1 aliphatic heterocycles. The van der Waals surface area contributed by atoms with Gasteiger partial charge in [0.1, 0.15) is 6.33 Å². The van der Waals surface area contributed by atoms with Gasteiger partial charge in [0, 0.05) is 37.1 Å². The van der Waals surface area contributed by atoms with E-state index in [1.165, 1.54) is 35.2 Å². The quantitative estimate of drug-likeness (QED) is 0.534. The second kappa shape index (κ2) is 7.72. The van der Waals surface area contributed by atoms with Crippen molar-refractivity contribution in [2.45, 2.75) is 32.2 Å². The van der Waals surface area contributed by atoms with Crippen LogP contribution in [-0.4, -0.2) is 42.6 Å². The molecule has 0 N–H and O–H groups in total. The fourth-order valence-corrected chi connectivity index (χ4v) is 4.30. The molecule has 146 valence electrons. The zero-order valence-corrected chi connectivity index (χ0v) is 16.6. The van der Waals surface area contributed by atoms with Gasteiger partial charge in [0.25, 0.3) is 5.78 Å². The molecule has 1 atom stereocenters. The van der Waals surface area contributed by atoms with Crippen LogP contribution in [0.2, 0.25) is 0 Å². The van der Waals surface area contributed by atoms with Crippen molar-refractivity contribution < 1.29 is 0 Å². The standard InChI is InChI=1S/C23H24N6/c1-17-13-22(29-23(27-17)25-16-26-29)21-3-2-12-28(15-21)14-18-4-6-19(7-5-18)20-8-10-24-11-9-20/h4-11,13,16,21H,2-3,12,14-15H2,1H3. The van der Waals surface area contributed by atoms with Crippen LogP contribution in [0.5, 0.6) is 0 Å². The van der Waals surface area contributed by atoms with E-state index in [2.05, 4.69) is 55.3 Å². The molecule has 0 saturated carbocycles. The van der Waals surface area contributed by atoms with Crippen LogP contribution in [0, 0.1) is 6.92 Å². The number of hydrogen-bond acceptors (Lipinski definition) is 5. The van der Waals surface area contributed by atoms with Crippen molar-refractivity contribution in [2.75, 3.05) is 13.1 Å². The molecule has 5 rings (SSSR count). The first-order valence-corrected chi connectivity index (χ1v) is 10.2. The van der Waals surface area contributed by atoms with Gasteiger partial charge in [-0.1, -0.05) is 24.3 Å². The van der Waals surface area contributed by atoms with Gasteiger partial charge < -0.3 is 0 Å². The molecule has 0 spiro atoms. The number of piperidine rings is 1. The van der Waals surface area contributed by atoms with E-state index in [1.54, 1.807) is 6.33 Å². The maximum absolute atomic E-state index is 4.48. The zero-order valence-electron chi connectivity index (χ0n) is 16.6. The second-order valence-corrected chi connectivity index (χ2v) is 7.80. The summed E-state index contributed by atoms with van der Waals surface area (Å²) in [5, 5.41) is 4.40. The van der Waals surface area contributed by atoms with E-state index in [-0.39, 0.29) is 0 Å². The molecule has 4 aromatic rings. The summed E-state index contributed by atoms with van der Waals surface area (Å²) in [7, 11) is 0. The Morgan fingerprint density at radius 1 is 1.03 bits per heavy atom. The Balaban J connectivity index is 1.32. The van der Waals surface area contributed by atoms with Gasteiger partial charge in [-0.15, -0.1) is 0 Å². The molecule has 0 bridgehead atoms. The second-order valence-electron chi connectivity index (χ2n) is 7.80. The Morgan fingerprint density at radius 2 is 1.83 bits per heavy atom. The lowest BCUT2D eigenvalue weighted by atomic mass is 9.93. The highest BCUT2D eigenvalue weighted by Crippen LogP contribution is 2.28. The van der Waals surface area contributed by atoms with Gasteiger partial charge in [0.15, 0.2) is 0 Å². The highest BCUT2D eigenvalue weighted by Gasteiger charge is 2.24. The highest BCUT2D eigenvalue weighted by molar-refractivity contribution is 5.62. The van der Waals surface area contributed by atoms with Gasteiger partial charge in [-0.2, -0.15) is 10.1 Å². The van der Waals surface area contributed by atoms with Crippen molar-refractivity contribution in [2.24, 2.45) is 0 Å². The normalized spacial score (nSPS) is 17.6. The first-order valence-electron chi connectivity index (χ1n) is 10.2. The van der Waals surface area contributed by atoms with Crippen molar-refractivity contribution in [3.63, 3.8) is 0 Å². The number of likely N-dealkylation sites (tertiary alicyclic amines) is 1. The maximum Gasteiger partial charge on any atom is 0.252 e. The fourth-order valence-electron chi connectivity index (χ4n) is 4.30. The van der Waals surface area contributed by atoms with Crippen LogP contribution in [0.1, 0.15) is 35.7 Å². The lowest BCUT2D eigenvalue weighted by Gasteiger charge is -2.33. The highest BCUT2D eigenvalue weighted by atomic mass is 15.3. The molecule has 1 aliphatic rings. The molecule has 1 aromatic carbocycles. The summed E-state index contributed by atoms with van der Waals surface area (Å²) in [6.45, 7) is 5.17. The number of aromatic nitrogens is 5. The Kier molecular flexibility index (Phi) is 4.77. The summed E-state index contributed by atoms with van der Waals surface area (Å²) in [5.74, 6) is 1.15. The molecule has 0 amide bonds. The third-order valence-corrected chi connectivity index (χ3v) is 5.71. The Bertz CT molecular complexity index is 1100. The smallest absolute Gasteiger partial charge is 0.252 e. The minimum Gasteiger partial charge on any atom is -0.298 e. The van der Waals surface area contributed by atoms with Crippen molar-refractivity contribution in [1.82, 2.24) is 29.5 Å². The summed E-state index contributed by atoms with van der Waals surface area (Å²) >= 11 is 0. The fraction of sp³-hybridized carbons (Fsp3) is 0.304. The first kappa shape index (κ1) is 17.9. The average molecular weight is 384 g/mol. The van der Waals surface area contributed by atoms with E-state index in [4.69, 9.17) is 0 Å². The minimum absolute atomic E-state index is 0.450. The Morgan fingerprint density at radius 3 is 2.66 bits per heavy atom. The molecule has 0 aliphatic carbocycles. The van der Waals surface area contributed by atoms with E-state index in [9.17, 15) is 0 Å². The van der Waals surface area contributed by atoms with Crippen molar-refractivity contribution in [1.29, 1.82) is 0 Å². The van der Waals surface area contributed by atoms with Crippen LogP contribution in [0.25, 0.3) is 16.9 Å². The monoisotopic (exact) mass is 384 g/mol. The van der Waals surface area contributed by atoms with Gasteiger partial charge in [-0.25, -0.2) is 9.50 Å². The molecular weight excluding hydrogens is 360 g/mol. The number of hydrogen-bond donors (Lipinski definition) is 0. The summed E-state index contributed by atoms with van der Waals surface area (Å²) in [6.07, 6.45) is 7.64. The van der Waals surface area contributed by atoms with Crippen molar-refractivity contribution >= 4 is 5.78 Å². The van der Waals surface area contributed by atoms with Gasteiger partial charge in [-0.05, 0) is 61.2 Å². The van der Waals surface area contributed by atoms with Gasteiger partial charge in [-0.3, -0.25) is 9.88 Å². The average Bonchev–Trinajstić information content (AvgIpc) is 3.23. The van der Waals surface area contributed by atoms with Crippen LogP contribution < -0.4 is 0 Å². The van der Waals surface area contributed by atoms with Crippen LogP contribution in [0.4, 0.5) is 0 Å². The van der Waals surface area contributed by atoms with Gasteiger partial charge in [0.05, 0.1) is 5.69 Å². The lowest BCUT2D eigenvalue weighted by Crippen LogP contribution is -2.34. The molecule has 0 radical (unpaired) electrons. The molecule has 29 heavy (non-hydrogen) atoms. The predicted molar refractivity (Wildman–Crippen MR) is 112 cm³/mol. The molecule has 6 nitrogen and oxygen atoms in total. The van der Waals surface area contributed by atoms with Crippen LogP contribution >= 0.6 is 0 Å². The predicted octanol–water partition coefficient (Wildman–Crippen LogP) is 3.87. The van der Waals surface area contributed by atoms with Crippen LogP contribution in [0.15, 0.2) is 61.2 Å². The van der Waals surface area contributed by atoms with E-state index < -0.39 is 0 Å². The lowest BCUT2D eigenvalue weighted by molar-refractivity contribution is 0.197. The summed E-state index contributed by atoms with van der Waals surface area (Å²) < 4.78 is 1.91. The Labute approximate surface area is 170 Å². The number of benzene rings is 1. The topological polar surface area (TPSA) is 59.2 Å². The Hall–Kier alpha value is -3.12. The van der Waals surface area contributed by atoms with Crippen LogP contribution in [-0.2, 0) is 6.54 Å². The zero-order chi connectivity index (χ0) is 19.6. The third-order valence-electron chi connectivity index (χ3n) is 5.71. The summed E-state index contributed by atoms with van der Waals surface area (Å²) in [5.41, 5.74) is 6.01. The molecule has 3 aromatic heterocycles. The number of aryl methyl sites for hydroxylation is 1. The van der Waals surface area contributed by atoms with Crippen LogP contribution in [0.3, 0.4) is 0 Å². The SMILES string of the molecule is Cc1cc(C2CCCN(Cc3ccc(-c4ccncc4)cc3)C2)n2ncnc2n1. The molecule has 4 heterocycles. The molecule has 1 saturated heterocycles. The number of nitrogens with zero attached hydrogens (tertiary/aromatic N) is 6. The minimum atomic E-state index is 0.450. The van der Waals surface area contributed by atoms with Gasteiger partial charge >= 0.3 is 0 Å². The molecule has 6 heteroatoms. The third kappa shape index (κ3) is 3.76. The summed E-state index contributed by atoms with van der Waals surface area (Å²) in [4.78, 5) is 15.4. The van der Waals surface area contributed by atoms with Crippen molar-refractivity contribution in [3.05, 3.63) is 78.1 Å². The van der Waals surface area contributed by atoms with E-state index in [0.717, 1.165) is 25.3 Å². The van der Waals surface area contributed by atoms with E-state index >= 15 is 0 Å². The molecule has 1 fully saturated rings. The van der Waals surface area contributed by atoms with Crippen molar-refractivity contribution in [3.8, 4) is 11.1 Å². The summed E-state index contributed by atoms with van der Waals surface area (Å²) in [6, 6.07) is 15.2. The first-order chi connectivity index (χ1) is 14.3. The number of pyridine rings is 1. The number of fused-ring (bicyclic) bond motifs is 1. The molecular formula is C23H24N6. The number of rotatable bonds is 4. The maximum atomic E-state index is 4.48.